The molecular formula is C23H18ClN3O3. The molecule has 7 heteroatoms. The summed E-state index contributed by atoms with van der Waals surface area (Å²) in [6.07, 6.45) is 1.52. The van der Waals surface area contributed by atoms with Gasteiger partial charge in [-0.1, -0.05) is 29.8 Å². The highest BCUT2D eigenvalue weighted by molar-refractivity contribution is 6.39. The number of benzene rings is 2. The summed E-state index contributed by atoms with van der Waals surface area (Å²) in [5.41, 5.74) is 3.75. The highest BCUT2D eigenvalue weighted by Crippen LogP contribution is 2.26. The van der Waals surface area contributed by atoms with E-state index in [-0.39, 0.29) is 5.57 Å². The molecule has 1 N–H and O–H groups in total. The van der Waals surface area contributed by atoms with Gasteiger partial charge in [0.25, 0.3) is 11.8 Å². The number of anilines is 1. The Morgan fingerprint density at radius 1 is 0.900 bits per heavy atom. The molecule has 2 aromatic carbocycles. The summed E-state index contributed by atoms with van der Waals surface area (Å²) >= 11 is 5.90. The molecule has 0 bridgehead atoms. The number of para-hydroxylation sites is 1. The Hall–Kier alpha value is -3.64. The molecule has 0 radical (unpaired) electrons. The SMILES string of the molecule is Cc1cc(/C=C2/C(=O)NC(=O)N(c3ccc(Cl)cc3)C2=O)c(C)n1-c1ccccc1. The third-order valence-electron chi connectivity index (χ3n) is 4.97. The molecule has 3 aromatic rings. The highest BCUT2D eigenvalue weighted by atomic mass is 35.5. The van der Waals surface area contributed by atoms with Crippen LogP contribution in [0.15, 0.2) is 66.2 Å². The van der Waals surface area contributed by atoms with E-state index in [1.165, 1.54) is 6.08 Å². The van der Waals surface area contributed by atoms with E-state index >= 15 is 0 Å². The molecule has 1 aromatic heterocycles. The summed E-state index contributed by atoms with van der Waals surface area (Å²) in [5, 5.41) is 2.71. The molecule has 2 heterocycles. The summed E-state index contributed by atoms with van der Waals surface area (Å²) in [6.45, 7) is 3.87. The van der Waals surface area contributed by atoms with E-state index in [0.29, 0.717) is 10.7 Å². The van der Waals surface area contributed by atoms with E-state index in [2.05, 4.69) is 5.32 Å². The first kappa shape index (κ1) is 19.7. The number of hydrogen-bond donors (Lipinski definition) is 1. The van der Waals surface area contributed by atoms with E-state index in [4.69, 9.17) is 11.6 Å². The maximum Gasteiger partial charge on any atom is 0.335 e. The van der Waals surface area contributed by atoms with Crippen LogP contribution in [-0.4, -0.2) is 22.4 Å². The van der Waals surface area contributed by atoms with Gasteiger partial charge in [-0.15, -0.1) is 0 Å². The van der Waals surface area contributed by atoms with Gasteiger partial charge < -0.3 is 4.57 Å². The number of halogens is 1. The Morgan fingerprint density at radius 3 is 2.23 bits per heavy atom. The molecule has 6 nitrogen and oxygen atoms in total. The van der Waals surface area contributed by atoms with Crippen molar-refractivity contribution in [3.05, 3.63) is 88.2 Å². The number of rotatable bonds is 3. The predicted octanol–water partition coefficient (Wildman–Crippen LogP) is 4.41. The van der Waals surface area contributed by atoms with E-state index in [9.17, 15) is 14.4 Å². The van der Waals surface area contributed by atoms with Crippen LogP contribution in [0.4, 0.5) is 10.5 Å². The minimum Gasteiger partial charge on any atom is -0.318 e. The molecule has 1 fully saturated rings. The lowest BCUT2D eigenvalue weighted by Gasteiger charge is -2.26. The number of aromatic nitrogens is 1. The van der Waals surface area contributed by atoms with Crippen molar-refractivity contribution in [3.63, 3.8) is 0 Å². The lowest BCUT2D eigenvalue weighted by atomic mass is 10.1. The molecule has 0 unspecified atom stereocenters. The molecule has 0 saturated carbocycles. The van der Waals surface area contributed by atoms with Crippen LogP contribution in [0, 0.1) is 13.8 Å². The van der Waals surface area contributed by atoms with Crippen LogP contribution in [0.1, 0.15) is 17.0 Å². The Labute approximate surface area is 178 Å². The lowest BCUT2D eigenvalue weighted by molar-refractivity contribution is -0.122. The van der Waals surface area contributed by atoms with Crippen molar-refractivity contribution in [2.24, 2.45) is 0 Å². The molecule has 1 aliphatic heterocycles. The Balaban J connectivity index is 1.76. The molecular weight excluding hydrogens is 402 g/mol. The molecule has 1 aliphatic rings. The average Bonchev–Trinajstić information content (AvgIpc) is 3.00. The fourth-order valence-corrected chi connectivity index (χ4v) is 3.67. The summed E-state index contributed by atoms with van der Waals surface area (Å²) in [7, 11) is 0. The second kappa shape index (κ2) is 7.65. The van der Waals surface area contributed by atoms with E-state index in [0.717, 1.165) is 27.5 Å². The summed E-state index contributed by atoms with van der Waals surface area (Å²) < 4.78 is 2.04. The molecule has 0 aliphatic carbocycles. The standard InChI is InChI=1S/C23H18ClN3O3/c1-14-12-16(15(2)26(14)18-6-4-3-5-7-18)13-20-21(28)25-23(30)27(22(20)29)19-10-8-17(24)9-11-19/h3-13H,1-2H3,(H,25,28,30)/b20-13-. The number of urea groups is 1. The highest BCUT2D eigenvalue weighted by Gasteiger charge is 2.37. The van der Waals surface area contributed by atoms with Gasteiger partial charge in [-0.25, -0.2) is 9.69 Å². The molecule has 150 valence electrons. The number of aryl methyl sites for hydroxylation is 1. The molecule has 30 heavy (non-hydrogen) atoms. The molecule has 0 spiro atoms. The van der Waals surface area contributed by atoms with Crippen molar-refractivity contribution in [2.75, 3.05) is 4.90 Å². The quantitative estimate of drug-likeness (QED) is 0.504. The maximum atomic E-state index is 13.0. The minimum atomic E-state index is -0.792. The van der Waals surface area contributed by atoms with Crippen molar-refractivity contribution in [1.29, 1.82) is 0 Å². The number of nitrogens with one attached hydrogen (secondary N) is 1. The first-order chi connectivity index (χ1) is 14.4. The van der Waals surface area contributed by atoms with Crippen LogP contribution in [0.2, 0.25) is 5.02 Å². The van der Waals surface area contributed by atoms with Crippen LogP contribution >= 0.6 is 11.6 Å². The van der Waals surface area contributed by atoms with Gasteiger partial charge in [0.15, 0.2) is 0 Å². The number of amides is 4. The zero-order valence-corrected chi connectivity index (χ0v) is 17.1. The monoisotopic (exact) mass is 419 g/mol. The van der Waals surface area contributed by atoms with Crippen LogP contribution in [0.5, 0.6) is 0 Å². The van der Waals surface area contributed by atoms with Gasteiger partial charge in [-0.3, -0.25) is 14.9 Å². The van der Waals surface area contributed by atoms with E-state index in [1.807, 2.05) is 54.8 Å². The van der Waals surface area contributed by atoms with E-state index in [1.54, 1.807) is 24.3 Å². The smallest absolute Gasteiger partial charge is 0.318 e. The van der Waals surface area contributed by atoms with Gasteiger partial charge in [0, 0.05) is 22.1 Å². The Bertz CT molecular complexity index is 1190. The summed E-state index contributed by atoms with van der Waals surface area (Å²) in [4.78, 5) is 38.7. The predicted molar refractivity (Wildman–Crippen MR) is 116 cm³/mol. The van der Waals surface area contributed by atoms with Gasteiger partial charge in [-0.2, -0.15) is 0 Å². The normalized spacial score (nSPS) is 15.6. The van der Waals surface area contributed by atoms with Crippen LogP contribution < -0.4 is 10.2 Å². The summed E-state index contributed by atoms with van der Waals surface area (Å²) in [6, 6.07) is 17.2. The van der Waals surface area contributed by atoms with Gasteiger partial charge in [0.1, 0.15) is 5.57 Å². The van der Waals surface area contributed by atoms with Crippen LogP contribution in [0.3, 0.4) is 0 Å². The topological polar surface area (TPSA) is 71.4 Å². The number of hydrogen-bond acceptors (Lipinski definition) is 3. The minimum absolute atomic E-state index is 0.113. The number of carbonyl (C=O) groups excluding carboxylic acids is 3. The van der Waals surface area contributed by atoms with Crippen molar-refractivity contribution in [2.45, 2.75) is 13.8 Å². The zero-order valence-electron chi connectivity index (χ0n) is 16.3. The van der Waals surface area contributed by atoms with E-state index < -0.39 is 17.8 Å². The van der Waals surface area contributed by atoms with Crippen molar-refractivity contribution in [1.82, 2.24) is 9.88 Å². The van der Waals surface area contributed by atoms with Crippen molar-refractivity contribution < 1.29 is 14.4 Å². The van der Waals surface area contributed by atoms with Gasteiger partial charge >= 0.3 is 6.03 Å². The fourth-order valence-electron chi connectivity index (χ4n) is 3.55. The molecule has 4 rings (SSSR count). The number of barbiturate groups is 1. The first-order valence-electron chi connectivity index (χ1n) is 9.28. The van der Waals surface area contributed by atoms with Crippen molar-refractivity contribution >= 4 is 41.2 Å². The molecule has 0 atom stereocenters. The third kappa shape index (κ3) is 3.42. The number of imide groups is 2. The zero-order chi connectivity index (χ0) is 21.4. The Kier molecular flexibility index (Phi) is 5.01. The third-order valence-corrected chi connectivity index (χ3v) is 5.22. The maximum absolute atomic E-state index is 13.0. The average molecular weight is 420 g/mol. The first-order valence-corrected chi connectivity index (χ1v) is 9.66. The molecule has 1 saturated heterocycles. The number of carbonyl (C=O) groups is 3. The van der Waals surface area contributed by atoms with Crippen molar-refractivity contribution in [3.8, 4) is 5.69 Å². The van der Waals surface area contributed by atoms with Crippen LogP contribution in [0.25, 0.3) is 11.8 Å². The van der Waals surface area contributed by atoms with Gasteiger partial charge in [0.05, 0.1) is 5.69 Å². The lowest BCUT2D eigenvalue weighted by Crippen LogP contribution is -2.54. The number of nitrogens with zero attached hydrogens (tertiary/aromatic N) is 2. The van der Waals surface area contributed by atoms with Gasteiger partial charge in [-0.05, 0) is 68.0 Å². The molecule has 4 amide bonds. The summed E-state index contributed by atoms with van der Waals surface area (Å²) in [5.74, 6) is -1.41. The second-order valence-electron chi connectivity index (χ2n) is 6.93. The second-order valence-corrected chi connectivity index (χ2v) is 7.37. The van der Waals surface area contributed by atoms with Gasteiger partial charge in [0.2, 0.25) is 0 Å². The Morgan fingerprint density at radius 2 is 1.57 bits per heavy atom. The van der Waals surface area contributed by atoms with Crippen LogP contribution in [-0.2, 0) is 9.59 Å². The fraction of sp³-hybridized carbons (Fsp3) is 0.0870. The largest absolute Gasteiger partial charge is 0.335 e.